The molecule has 2 heterocycles. The predicted octanol–water partition coefficient (Wildman–Crippen LogP) is 0.983. The largest absolute Gasteiger partial charge is 0.333 e. The number of nitrogens with zero attached hydrogens (tertiary/aromatic N) is 3. The molecule has 1 aliphatic rings. The molecule has 3 heteroatoms. The first-order chi connectivity index (χ1) is 5.29. The molecule has 0 spiro atoms. The molecule has 0 aromatic carbocycles. The van der Waals surface area contributed by atoms with E-state index in [0.717, 1.165) is 17.9 Å². The van der Waals surface area contributed by atoms with Crippen molar-refractivity contribution in [2.75, 3.05) is 11.9 Å². The minimum atomic E-state index is 0.882. The van der Waals surface area contributed by atoms with Gasteiger partial charge in [-0.3, -0.25) is 0 Å². The molecule has 1 aromatic heterocycles. The molecule has 11 heavy (non-hydrogen) atoms. The molecular weight excluding hydrogens is 138 g/mol. The maximum atomic E-state index is 4.14. The minimum Gasteiger partial charge on any atom is -0.333 e. The summed E-state index contributed by atoms with van der Waals surface area (Å²) in [6.07, 6.45) is 4.29. The third-order valence-electron chi connectivity index (χ3n) is 1.95. The molecule has 0 aliphatic carbocycles. The first kappa shape index (κ1) is 6.34. The summed E-state index contributed by atoms with van der Waals surface area (Å²) in [5.74, 6) is 0.991. The Balaban J connectivity index is 2.55. The second-order valence-electron chi connectivity index (χ2n) is 2.67. The van der Waals surface area contributed by atoms with Crippen molar-refractivity contribution in [2.45, 2.75) is 6.42 Å². The number of fused-ring (bicyclic) bond motifs is 1. The van der Waals surface area contributed by atoms with Crippen LogP contribution in [0.5, 0.6) is 0 Å². The highest BCUT2D eigenvalue weighted by Gasteiger charge is 2.19. The van der Waals surface area contributed by atoms with Gasteiger partial charge in [0.25, 0.3) is 0 Å². The number of hydrogen-bond acceptors (Lipinski definition) is 3. The molecule has 0 saturated carbocycles. The lowest BCUT2D eigenvalue weighted by atomic mass is 10.2. The van der Waals surface area contributed by atoms with Gasteiger partial charge in [-0.15, -0.1) is 0 Å². The van der Waals surface area contributed by atoms with Gasteiger partial charge in [0, 0.05) is 30.9 Å². The molecule has 0 N–H and O–H groups in total. The Bertz CT molecular complexity index is 306. The first-order valence-corrected chi connectivity index (χ1v) is 3.49. The van der Waals surface area contributed by atoms with Gasteiger partial charge in [0.15, 0.2) is 0 Å². The number of aromatic nitrogens is 2. The number of allylic oxidation sites excluding steroid dienone is 1. The van der Waals surface area contributed by atoms with E-state index in [1.165, 1.54) is 5.56 Å². The molecule has 0 amide bonds. The lowest BCUT2D eigenvalue weighted by molar-refractivity contribution is 1.07. The average molecular weight is 147 g/mol. The summed E-state index contributed by atoms with van der Waals surface area (Å²) in [6.45, 7) is 3.91. The third-order valence-corrected chi connectivity index (χ3v) is 1.95. The third kappa shape index (κ3) is 0.808. The van der Waals surface area contributed by atoms with E-state index < -0.39 is 0 Å². The van der Waals surface area contributed by atoms with E-state index in [1.54, 1.807) is 6.33 Å². The minimum absolute atomic E-state index is 0.882. The summed E-state index contributed by atoms with van der Waals surface area (Å²) >= 11 is 0. The van der Waals surface area contributed by atoms with E-state index in [9.17, 15) is 0 Å². The van der Waals surface area contributed by atoms with Crippen LogP contribution in [0.15, 0.2) is 24.8 Å². The zero-order valence-electron chi connectivity index (χ0n) is 6.41. The maximum Gasteiger partial charge on any atom is 0.139 e. The Morgan fingerprint density at radius 1 is 1.64 bits per heavy atom. The Morgan fingerprint density at radius 2 is 2.45 bits per heavy atom. The van der Waals surface area contributed by atoms with Gasteiger partial charge >= 0.3 is 0 Å². The lowest BCUT2D eigenvalue weighted by Crippen LogP contribution is -2.10. The van der Waals surface area contributed by atoms with Crippen LogP contribution >= 0.6 is 0 Å². The average Bonchev–Trinajstić information content (AvgIpc) is 2.30. The number of rotatable bonds is 0. The highest BCUT2D eigenvalue weighted by Crippen LogP contribution is 2.28. The standard InChI is InChI=1S/C8H9N3/c1-6-3-7-4-9-5-10-8(7)11(6)2/h4-5H,1,3H2,2H3. The van der Waals surface area contributed by atoms with Crippen LogP contribution in [0.4, 0.5) is 5.82 Å². The van der Waals surface area contributed by atoms with Crippen LogP contribution in [0.3, 0.4) is 0 Å². The van der Waals surface area contributed by atoms with E-state index in [2.05, 4.69) is 16.5 Å². The Labute approximate surface area is 65.4 Å². The van der Waals surface area contributed by atoms with Crippen molar-refractivity contribution in [3.05, 3.63) is 30.4 Å². The quantitative estimate of drug-likeness (QED) is 0.547. The fraction of sp³-hybridized carbons (Fsp3) is 0.250. The second kappa shape index (κ2) is 2.05. The summed E-state index contributed by atoms with van der Waals surface area (Å²) in [5, 5.41) is 0. The van der Waals surface area contributed by atoms with Gasteiger partial charge in [0.2, 0.25) is 0 Å². The number of anilines is 1. The van der Waals surface area contributed by atoms with Crippen molar-refractivity contribution in [1.29, 1.82) is 0 Å². The molecule has 3 nitrogen and oxygen atoms in total. The summed E-state index contributed by atoms with van der Waals surface area (Å²) in [4.78, 5) is 10.1. The van der Waals surface area contributed by atoms with Crippen molar-refractivity contribution in [1.82, 2.24) is 9.97 Å². The Kier molecular flexibility index (Phi) is 1.18. The molecule has 56 valence electrons. The monoisotopic (exact) mass is 147 g/mol. The summed E-state index contributed by atoms with van der Waals surface area (Å²) in [5.41, 5.74) is 2.25. The molecule has 0 unspecified atom stereocenters. The topological polar surface area (TPSA) is 29.0 Å². The number of hydrogen-bond donors (Lipinski definition) is 0. The molecular formula is C8H9N3. The smallest absolute Gasteiger partial charge is 0.139 e. The van der Waals surface area contributed by atoms with Crippen LogP contribution < -0.4 is 4.90 Å². The molecule has 0 radical (unpaired) electrons. The van der Waals surface area contributed by atoms with Gasteiger partial charge in [-0.05, 0) is 0 Å². The van der Waals surface area contributed by atoms with Crippen LogP contribution in [0.1, 0.15) is 5.56 Å². The van der Waals surface area contributed by atoms with Gasteiger partial charge in [-0.2, -0.15) is 0 Å². The van der Waals surface area contributed by atoms with Crippen molar-refractivity contribution in [2.24, 2.45) is 0 Å². The van der Waals surface area contributed by atoms with E-state index in [0.29, 0.717) is 0 Å². The van der Waals surface area contributed by atoms with Gasteiger partial charge in [-0.1, -0.05) is 6.58 Å². The zero-order valence-corrected chi connectivity index (χ0v) is 6.41. The van der Waals surface area contributed by atoms with E-state index in [-0.39, 0.29) is 0 Å². The Morgan fingerprint density at radius 3 is 3.18 bits per heavy atom. The fourth-order valence-electron chi connectivity index (χ4n) is 1.27. The molecule has 1 aliphatic heterocycles. The van der Waals surface area contributed by atoms with Gasteiger partial charge in [0.05, 0.1) is 0 Å². The van der Waals surface area contributed by atoms with Crippen LogP contribution in [-0.4, -0.2) is 17.0 Å². The van der Waals surface area contributed by atoms with E-state index in [1.807, 2.05) is 18.1 Å². The Hall–Kier alpha value is -1.38. The second-order valence-corrected chi connectivity index (χ2v) is 2.67. The molecule has 0 saturated heterocycles. The molecule has 0 fully saturated rings. The highest BCUT2D eigenvalue weighted by atomic mass is 15.2. The molecule has 1 aromatic rings. The van der Waals surface area contributed by atoms with Crippen LogP contribution in [0, 0.1) is 0 Å². The first-order valence-electron chi connectivity index (χ1n) is 3.49. The van der Waals surface area contributed by atoms with Crippen LogP contribution in [0.2, 0.25) is 0 Å². The highest BCUT2D eigenvalue weighted by molar-refractivity contribution is 5.57. The molecule has 0 bridgehead atoms. The van der Waals surface area contributed by atoms with Gasteiger partial charge in [-0.25, -0.2) is 9.97 Å². The van der Waals surface area contributed by atoms with Crippen molar-refractivity contribution in [3.8, 4) is 0 Å². The van der Waals surface area contributed by atoms with E-state index >= 15 is 0 Å². The van der Waals surface area contributed by atoms with Crippen LogP contribution in [0.25, 0.3) is 0 Å². The maximum absolute atomic E-state index is 4.14. The van der Waals surface area contributed by atoms with E-state index in [4.69, 9.17) is 0 Å². The summed E-state index contributed by atoms with van der Waals surface area (Å²) in [6, 6.07) is 0. The SMILES string of the molecule is C=C1Cc2cncnc2N1C. The van der Waals surface area contributed by atoms with Gasteiger partial charge < -0.3 is 4.90 Å². The summed E-state index contributed by atoms with van der Waals surface area (Å²) < 4.78 is 0. The van der Waals surface area contributed by atoms with Gasteiger partial charge in [0.1, 0.15) is 12.1 Å². The normalized spacial score (nSPS) is 15.4. The van der Waals surface area contributed by atoms with Crippen LogP contribution in [-0.2, 0) is 6.42 Å². The molecule has 2 rings (SSSR count). The summed E-state index contributed by atoms with van der Waals surface area (Å²) in [7, 11) is 1.97. The van der Waals surface area contributed by atoms with Crippen molar-refractivity contribution >= 4 is 5.82 Å². The lowest BCUT2D eigenvalue weighted by Gasteiger charge is -2.10. The zero-order chi connectivity index (χ0) is 7.84. The van der Waals surface area contributed by atoms with Crippen molar-refractivity contribution < 1.29 is 0 Å². The predicted molar refractivity (Wildman–Crippen MR) is 43.3 cm³/mol. The fourth-order valence-corrected chi connectivity index (χ4v) is 1.27. The molecule has 0 atom stereocenters. The number of likely N-dealkylation sites (N-methyl/N-ethyl adjacent to an activating group) is 1. The van der Waals surface area contributed by atoms with Crippen molar-refractivity contribution in [3.63, 3.8) is 0 Å².